The topological polar surface area (TPSA) is 15.3 Å². The molecule has 0 aromatic heterocycles. The number of nitrogens with zero attached hydrogens (tertiary/aromatic N) is 1. The molecule has 0 radical (unpaired) electrons. The third-order valence-electron chi connectivity index (χ3n) is 4.21. The Labute approximate surface area is 118 Å². The van der Waals surface area contributed by atoms with E-state index in [9.17, 15) is 0 Å². The van der Waals surface area contributed by atoms with Crippen LogP contribution in [0.1, 0.15) is 42.1 Å². The molecule has 1 N–H and O–H groups in total. The molecule has 1 aliphatic rings. The van der Waals surface area contributed by atoms with Crippen LogP contribution in [0, 0.1) is 26.7 Å². The third kappa shape index (κ3) is 3.18. The van der Waals surface area contributed by atoms with Gasteiger partial charge in [0.15, 0.2) is 0 Å². The summed E-state index contributed by atoms with van der Waals surface area (Å²) in [5.74, 6) is 0.651. The van der Waals surface area contributed by atoms with Crippen LogP contribution in [-0.4, -0.2) is 31.1 Å². The van der Waals surface area contributed by atoms with Crippen LogP contribution < -0.4 is 5.32 Å². The number of hydrogen-bond donors (Lipinski definition) is 1. The lowest BCUT2D eigenvalue weighted by molar-refractivity contribution is 0.136. The molecule has 1 aromatic rings. The Morgan fingerprint density at radius 1 is 1.00 bits per heavy atom. The fourth-order valence-electron chi connectivity index (χ4n) is 3.56. The second-order valence-corrected chi connectivity index (χ2v) is 6.29. The number of benzene rings is 1. The van der Waals surface area contributed by atoms with Crippen molar-refractivity contribution in [2.75, 3.05) is 26.2 Å². The van der Waals surface area contributed by atoms with Gasteiger partial charge < -0.3 is 5.32 Å². The first kappa shape index (κ1) is 14.5. The Morgan fingerprint density at radius 2 is 1.53 bits per heavy atom. The van der Waals surface area contributed by atoms with Crippen molar-refractivity contribution < 1.29 is 0 Å². The molecule has 0 bridgehead atoms. The standard InChI is InChI=1S/C17H28N2/c1-12(2)17(19-8-6-18-7-9-19)16-14(4)10-13(3)11-15(16)5/h10-12,17-18H,6-9H2,1-5H3. The van der Waals surface area contributed by atoms with Gasteiger partial charge in [-0.1, -0.05) is 31.5 Å². The molecule has 0 amide bonds. The summed E-state index contributed by atoms with van der Waals surface area (Å²) in [6, 6.07) is 5.22. The maximum atomic E-state index is 3.46. The van der Waals surface area contributed by atoms with E-state index in [1.54, 1.807) is 5.56 Å². The largest absolute Gasteiger partial charge is 0.314 e. The van der Waals surface area contributed by atoms with Gasteiger partial charge in [-0.05, 0) is 43.4 Å². The van der Waals surface area contributed by atoms with Crippen LogP contribution in [0.25, 0.3) is 0 Å². The quantitative estimate of drug-likeness (QED) is 0.897. The van der Waals surface area contributed by atoms with Crippen LogP contribution in [0.3, 0.4) is 0 Å². The van der Waals surface area contributed by atoms with E-state index < -0.39 is 0 Å². The molecule has 106 valence electrons. The average molecular weight is 260 g/mol. The SMILES string of the molecule is Cc1cc(C)c(C(C(C)C)N2CCNCC2)c(C)c1. The lowest BCUT2D eigenvalue weighted by Gasteiger charge is -2.39. The predicted octanol–water partition coefficient (Wildman–Crippen LogP) is 3.21. The van der Waals surface area contributed by atoms with Crippen LogP contribution >= 0.6 is 0 Å². The minimum atomic E-state index is 0.558. The van der Waals surface area contributed by atoms with E-state index in [1.165, 1.54) is 16.7 Å². The molecule has 0 aliphatic carbocycles. The van der Waals surface area contributed by atoms with E-state index in [2.05, 4.69) is 57.0 Å². The molecule has 1 aromatic carbocycles. The van der Waals surface area contributed by atoms with E-state index in [4.69, 9.17) is 0 Å². The average Bonchev–Trinajstić information content (AvgIpc) is 2.34. The Kier molecular flexibility index (Phi) is 4.64. The van der Waals surface area contributed by atoms with Crippen molar-refractivity contribution in [2.45, 2.75) is 40.7 Å². The molecule has 1 atom stereocenters. The first-order valence-corrected chi connectivity index (χ1v) is 7.53. The summed E-state index contributed by atoms with van der Waals surface area (Å²) >= 11 is 0. The minimum absolute atomic E-state index is 0.558. The van der Waals surface area contributed by atoms with Crippen molar-refractivity contribution in [1.29, 1.82) is 0 Å². The number of hydrogen-bond acceptors (Lipinski definition) is 2. The molecule has 2 rings (SSSR count). The van der Waals surface area contributed by atoms with Gasteiger partial charge in [0.1, 0.15) is 0 Å². The monoisotopic (exact) mass is 260 g/mol. The zero-order chi connectivity index (χ0) is 14.0. The molecule has 1 aliphatic heterocycles. The first-order chi connectivity index (χ1) is 9.00. The maximum Gasteiger partial charge on any atom is 0.0377 e. The molecule has 1 heterocycles. The third-order valence-corrected chi connectivity index (χ3v) is 4.21. The maximum absolute atomic E-state index is 3.46. The van der Waals surface area contributed by atoms with Gasteiger partial charge in [-0.3, -0.25) is 4.90 Å². The van der Waals surface area contributed by atoms with Gasteiger partial charge in [0.2, 0.25) is 0 Å². The zero-order valence-electron chi connectivity index (χ0n) is 13.1. The van der Waals surface area contributed by atoms with E-state index in [0.717, 1.165) is 26.2 Å². The van der Waals surface area contributed by atoms with E-state index in [0.29, 0.717) is 12.0 Å². The van der Waals surface area contributed by atoms with Crippen molar-refractivity contribution >= 4 is 0 Å². The fraction of sp³-hybridized carbons (Fsp3) is 0.647. The van der Waals surface area contributed by atoms with Gasteiger partial charge in [0, 0.05) is 32.2 Å². The Morgan fingerprint density at radius 3 is 2.00 bits per heavy atom. The molecular formula is C17H28N2. The highest BCUT2D eigenvalue weighted by atomic mass is 15.2. The predicted molar refractivity (Wildman–Crippen MR) is 82.7 cm³/mol. The zero-order valence-corrected chi connectivity index (χ0v) is 13.1. The molecule has 19 heavy (non-hydrogen) atoms. The summed E-state index contributed by atoms with van der Waals surface area (Å²) in [6.07, 6.45) is 0. The molecule has 1 fully saturated rings. The Balaban J connectivity index is 2.38. The number of nitrogens with one attached hydrogen (secondary N) is 1. The summed E-state index contributed by atoms with van der Waals surface area (Å²) in [7, 11) is 0. The van der Waals surface area contributed by atoms with Crippen molar-refractivity contribution in [3.8, 4) is 0 Å². The molecular weight excluding hydrogens is 232 g/mol. The highest BCUT2D eigenvalue weighted by Gasteiger charge is 2.27. The number of rotatable bonds is 3. The van der Waals surface area contributed by atoms with Crippen LogP contribution in [0.2, 0.25) is 0 Å². The van der Waals surface area contributed by atoms with Gasteiger partial charge >= 0.3 is 0 Å². The summed E-state index contributed by atoms with van der Waals surface area (Å²) in [6.45, 7) is 16.0. The van der Waals surface area contributed by atoms with E-state index >= 15 is 0 Å². The Bertz CT molecular complexity index is 408. The van der Waals surface area contributed by atoms with Gasteiger partial charge in [-0.2, -0.15) is 0 Å². The van der Waals surface area contributed by atoms with Crippen LogP contribution in [0.5, 0.6) is 0 Å². The molecule has 2 nitrogen and oxygen atoms in total. The summed E-state index contributed by atoms with van der Waals surface area (Å²) in [4.78, 5) is 2.66. The lowest BCUT2D eigenvalue weighted by atomic mass is 9.86. The highest BCUT2D eigenvalue weighted by Crippen LogP contribution is 2.33. The molecule has 0 spiro atoms. The van der Waals surface area contributed by atoms with Crippen LogP contribution in [-0.2, 0) is 0 Å². The van der Waals surface area contributed by atoms with Gasteiger partial charge in [-0.15, -0.1) is 0 Å². The molecule has 0 saturated carbocycles. The van der Waals surface area contributed by atoms with Crippen LogP contribution in [0.15, 0.2) is 12.1 Å². The van der Waals surface area contributed by atoms with Crippen molar-refractivity contribution in [3.05, 3.63) is 34.4 Å². The lowest BCUT2D eigenvalue weighted by Crippen LogP contribution is -2.46. The van der Waals surface area contributed by atoms with Gasteiger partial charge in [0.25, 0.3) is 0 Å². The van der Waals surface area contributed by atoms with Crippen molar-refractivity contribution in [1.82, 2.24) is 10.2 Å². The highest BCUT2D eigenvalue weighted by molar-refractivity contribution is 5.40. The second kappa shape index (κ2) is 6.06. The van der Waals surface area contributed by atoms with Gasteiger partial charge in [0.05, 0.1) is 0 Å². The van der Waals surface area contributed by atoms with E-state index in [-0.39, 0.29) is 0 Å². The fourth-order valence-corrected chi connectivity index (χ4v) is 3.56. The Hall–Kier alpha value is -0.860. The molecule has 1 saturated heterocycles. The second-order valence-electron chi connectivity index (χ2n) is 6.29. The number of piperazine rings is 1. The van der Waals surface area contributed by atoms with E-state index in [1.807, 2.05) is 0 Å². The van der Waals surface area contributed by atoms with Crippen LogP contribution in [0.4, 0.5) is 0 Å². The molecule has 2 heteroatoms. The van der Waals surface area contributed by atoms with Crippen molar-refractivity contribution in [2.24, 2.45) is 5.92 Å². The minimum Gasteiger partial charge on any atom is -0.314 e. The first-order valence-electron chi connectivity index (χ1n) is 7.53. The number of aryl methyl sites for hydroxylation is 3. The summed E-state index contributed by atoms with van der Waals surface area (Å²) in [5, 5.41) is 3.46. The summed E-state index contributed by atoms with van der Waals surface area (Å²) in [5.41, 5.74) is 5.84. The normalized spacial score (nSPS) is 18.8. The molecule has 1 unspecified atom stereocenters. The van der Waals surface area contributed by atoms with Crippen molar-refractivity contribution in [3.63, 3.8) is 0 Å². The smallest absolute Gasteiger partial charge is 0.0377 e. The summed E-state index contributed by atoms with van der Waals surface area (Å²) < 4.78 is 0. The van der Waals surface area contributed by atoms with Gasteiger partial charge in [-0.25, -0.2) is 0 Å².